The van der Waals surface area contributed by atoms with Crippen molar-refractivity contribution in [3.63, 3.8) is 0 Å². The van der Waals surface area contributed by atoms with Crippen molar-refractivity contribution < 1.29 is 42.2 Å². The Kier molecular flexibility index (Phi) is 10.1. The topological polar surface area (TPSA) is 31.5 Å². The van der Waals surface area contributed by atoms with Gasteiger partial charge in [-0.1, -0.05) is 0 Å². The van der Waals surface area contributed by atoms with E-state index in [-0.39, 0.29) is 25.0 Å². The van der Waals surface area contributed by atoms with Gasteiger partial charge in [-0.25, -0.2) is 0 Å². The standard InChI is InChI=1S/BF4.H2O.Rh/c2-1(3,4)5;;/h;1H2;/q-1;;+1. The van der Waals surface area contributed by atoms with Gasteiger partial charge in [0.1, 0.15) is 0 Å². The maximum atomic E-state index is 9.75. The molecule has 0 atom stereocenters. The van der Waals surface area contributed by atoms with Gasteiger partial charge in [-0.3, -0.25) is 0 Å². The first-order valence-electron chi connectivity index (χ1n) is 0.873. The minimum Gasteiger partial charge on any atom is -0.418 e. The summed E-state index contributed by atoms with van der Waals surface area (Å²) >= 11 is 0. The van der Waals surface area contributed by atoms with Crippen molar-refractivity contribution >= 4 is 7.25 Å². The predicted octanol–water partition coefficient (Wildman–Crippen LogP) is 0.473. The Morgan fingerprint density at radius 3 is 0.857 bits per heavy atom. The van der Waals surface area contributed by atoms with Crippen molar-refractivity contribution in [2.24, 2.45) is 0 Å². The van der Waals surface area contributed by atoms with Gasteiger partial charge in [0.15, 0.2) is 0 Å². The number of rotatable bonds is 0. The van der Waals surface area contributed by atoms with E-state index in [1.165, 1.54) is 0 Å². The van der Waals surface area contributed by atoms with Crippen molar-refractivity contribution in [3.8, 4) is 0 Å². The van der Waals surface area contributed by atoms with Crippen molar-refractivity contribution in [2.45, 2.75) is 0 Å². The van der Waals surface area contributed by atoms with Gasteiger partial charge in [0.05, 0.1) is 0 Å². The molecule has 0 heterocycles. The van der Waals surface area contributed by atoms with E-state index in [4.69, 9.17) is 0 Å². The first kappa shape index (κ1) is 15.7. The minimum absolute atomic E-state index is 0. The molecule has 0 aromatic heterocycles. The van der Waals surface area contributed by atoms with Crippen LogP contribution in [0.1, 0.15) is 0 Å². The fourth-order valence-electron chi connectivity index (χ4n) is 0. The Hall–Kier alpha value is 0.368. The van der Waals surface area contributed by atoms with Gasteiger partial charge in [0.25, 0.3) is 0 Å². The van der Waals surface area contributed by atoms with E-state index in [9.17, 15) is 17.3 Å². The third-order valence-corrected chi connectivity index (χ3v) is 0. The molecule has 0 radical (unpaired) electrons. The minimum atomic E-state index is -6.00. The zero-order valence-corrected chi connectivity index (χ0v) is 4.56. The molecule has 0 amide bonds. The third-order valence-electron chi connectivity index (χ3n) is 0. The van der Waals surface area contributed by atoms with Crippen LogP contribution in [0, 0.1) is 0 Å². The number of hydrogen-bond acceptors (Lipinski definition) is 0. The molecule has 0 aromatic carbocycles. The molecule has 0 aromatic rings. The molecule has 0 rings (SSSR count). The SMILES string of the molecule is F[B-](F)(F)F.O.[Rh+]. The molecule has 0 aliphatic carbocycles. The Morgan fingerprint density at radius 1 is 0.857 bits per heavy atom. The van der Waals surface area contributed by atoms with Crippen LogP contribution in [-0.4, -0.2) is 12.7 Å². The van der Waals surface area contributed by atoms with Crippen LogP contribution < -0.4 is 0 Å². The summed E-state index contributed by atoms with van der Waals surface area (Å²) in [6.07, 6.45) is 0. The van der Waals surface area contributed by atoms with Gasteiger partial charge in [-0.15, -0.1) is 0 Å². The third kappa shape index (κ3) is 896. The van der Waals surface area contributed by atoms with Crippen molar-refractivity contribution in [1.82, 2.24) is 0 Å². The summed E-state index contributed by atoms with van der Waals surface area (Å²) in [6, 6.07) is 0. The summed E-state index contributed by atoms with van der Waals surface area (Å²) < 4.78 is 39.0. The number of hydrogen-bond donors (Lipinski definition) is 0. The summed E-state index contributed by atoms with van der Waals surface area (Å²) in [7, 11) is -6.00. The van der Waals surface area contributed by atoms with Crippen LogP contribution in [0.2, 0.25) is 0 Å². The van der Waals surface area contributed by atoms with Crippen LogP contribution in [0.4, 0.5) is 17.3 Å². The second-order valence-corrected chi connectivity index (χ2v) is 0.495. The molecule has 0 unspecified atom stereocenters. The first-order chi connectivity index (χ1) is 2.00. The first-order valence-corrected chi connectivity index (χ1v) is 0.873. The van der Waals surface area contributed by atoms with E-state index in [2.05, 4.69) is 0 Å². The zero-order valence-electron chi connectivity index (χ0n) is 2.92. The van der Waals surface area contributed by atoms with Crippen LogP contribution in [0.25, 0.3) is 0 Å². The molecule has 1 nitrogen and oxygen atoms in total. The Morgan fingerprint density at radius 2 is 0.857 bits per heavy atom. The van der Waals surface area contributed by atoms with Crippen LogP contribution >= 0.6 is 0 Å². The molecular weight excluding hydrogens is 206 g/mol. The molecular formula is H2BF4ORh. The summed E-state index contributed by atoms with van der Waals surface area (Å²) in [5.74, 6) is 0. The molecule has 0 fully saturated rings. The molecule has 48 valence electrons. The average molecular weight is 208 g/mol. The average Bonchev–Trinajstić information content (AvgIpc) is 0.722. The van der Waals surface area contributed by atoms with Gasteiger partial charge in [-0.05, 0) is 0 Å². The maximum Gasteiger partial charge on any atom is 1.00 e. The molecule has 0 saturated heterocycles. The van der Waals surface area contributed by atoms with E-state index >= 15 is 0 Å². The van der Waals surface area contributed by atoms with Crippen LogP contribution in [0.15, 0.2) is 0 Å². The maximum absolute atomic E-state index is 9.75. The second kappa shape index (κ2) is 4.53. The van der Waals surface area contributed by atoms with Crippen LogP contribution in [0.3, 0.4) is 0 Å². The fraction of sp³-hybridized carbons (Fsp3) is 0. The Balaban J connectivity index is -0.0000000800. The summed E-state index contributed by atoms with van der Waals surface area (Å²) in [6.45, 7) is 0. The molecule has 7 heavy (non-hydrogen) atoms. The molecule has 0 aliphatic rings. The molecule has 7 heteroatoms. The van der Waals surface area contributed by atoms with Crippen molar-refractivity contribution in [2.75, 3.05) is 0 Å². The Labute approximate surface area is 50.3 Å². The van der Waals surface area contributed by atoms with Gasteiger partial charge >= 0.3 is 26.7 Å². The second-order valence-electron chi connectivity index (χ2n) is 0.495. The largest absolute Gasteiger partial charge is 1.00 e. The smallest absolute Gasteiger partial charge is 0.418 e. The summed E-state index contributed by atoms with van der Waals surface area (Å²) in [5, 5.41) is 0. The number of halogens is 4. The molecule has 0 spiro atoms. The normalized spacial score (nSPS) is 8.57. The van der Waals surface area contributed by atoms with Gasteiger partial charge in [-0.2, -0.15) is 0 Å². The van der Waals surface area contributed by atoms with Gasteiger partial charge < -0.3 is 22.7 Å². The van der Waals surface area contributed by atoms with Gasteiger partial charge in [0.2, 0.25) is 0 Å². The Bertz CT molecular complexity index is 27.2. The fourth-order valence-corrected chi connectivity index (χ4v) is 0. The van der Waals surface area contributed by atoms with E-state index in [1.54, 1.807) is 0 Å². The van der Waals surface area contributed by atoms with E-state index < -0.39 is 7.25 Å². The monoisotopic (exact) mass is 208 g/mol. The molecule has 0 aliphatic heterocycles. The summed E-state index contributed by atoms with van der Waals surface area (Å²) in [5.41, 5.74) is 0. The molecule has 2 N–H and O–H groups in total. The van der Waals surface area contributed by atoms with E-state index in [0.717, 1.165) is 0 Å². The molecule has 0 bridgehead atoms. The quantitative estimate of drug-likeness (QED) is 0.409. The van der Waals surface area contributed by atoms with Crippen molar-refractivity contribution in [3.05, 3.63) is 0 Å². The summed E-state index contributed by atoms with van der Waals surface area (Å²) in [4.78, 5) is 0. The molecule has 0 saturated carbocycles. The van der Waals surface area contributed by atoms with Crippen LogP contribution in [-0.2, 0) is 19.5 Å². The van der Waals surface area contributed by atoms with E-state index in [0.29, 0.717) is 0 Å². The van der Waals surface area contributed by atoms with Crippen LogP contribution in [0.5, 0.6) is 0 Å². The van der Waals surface area contributed by atoms with E-state index in [1.807, 2.05) is 0 Å². The van der Waals surface area contributed by atoms with Gasteiger partial charge in [0, 0.05) is 0 Å². The zero-order chi connectivity index (χ0) is 4.50. The van der Waals surface area contributed by atoms with Crippen molar-refractivity contribution in [1.29, 1.82) is 0 Å². The predicted molar refractivity (Wildman–Crippen MR) is 13.8 cm³/mol.